The van der Waals surface area contributed by atoms with Crippen molar-refractivity contribution in [2.75, 3.05) is 5.32 Å². The van der Waals surface area contributed by atoms with Crippen LogP contribution in [-0.2, 0) is 4.79 Å². The third kappa shape index (κ3) is 1.89. The molecule has 0 aliphatic heterocycles. The second-order valence-electron chi connectivity index (χ2n) is 4.03. The fraction of sp³-hybridized carbons (Fsp3) is 0.364. The molecule has 1 aliphatic rings. The van der Waals surface area contributed by atoms with Gasteiger partial charge in [0.15, 0.2) is 17.5 Å². The molecule has 0 radical (unpaired) electrons. The summed E-state index contributed by atoms with van der Waals surface area (Å²) in [6.45, 7) is 1.89. The first-order chi connectivity index (χ1) is 7.50. The number of nitrogens with one attached hydrogen (secondary N) is 1. The fourth-order valence-electron chi connectivity index (χ4n) is 1.54. The molecule has 0 bridgehead atoms. The van der Waals surface area contributed by atoms with Gasteiger partial charge in [0.25, 0.3) is 0 Å². The summed E-state index contributed by atoms with van der Waals surface area (Å²) in [6.07, 6.45) is 0.747. The van der Waals surface area contributed by atoms with E-state index in [4.69, 9.17) is 0 Å². The second-order valence-corrected chi connectivity index (χ2v) is 4.03. The van der Waals surface area contributed by atoms with E-state index in [-0.39, 0.29) is 23.4 Å². The normalized spacial score (nSPS) is 23.0. The summed E-state index contributed by atoms with van der Waals surface area (Å²) in [5.74, 6) is -4.42. The van der Waals surface area contributed by atoms with Crippen molar-refractivity contribution in [2.45, 2.75) is 13.3 Å². The van der Waals surface area contributed by atoms with Crippen molar-refractivity contribution < 1.29 is 18.0 Å². The molecule has 1 aromatic rings. The quantitative estimate of drug-likeness (QED) is 0.776. The summed E-state index contributed by atoms with van der Waals surface area (Å²) >= 11 is 0. The van der Waals surface area contributed by atoms with Crippen LogP contribution >= 0.6 is 0 Å². The number of carbonyl (C=O) groups is 1. The van der Waals surface area contributed by atoms with Gasteiger partial charge in [-0.1, -0.05) is 6.92 Å². The standard InChI is InChI=1S/C11H10F3NO/c1-5-4-6(5)11(16)15-8-3-2-7(12)9(13)10(8)14/h2-3,5-6H,4H2,1H3,(H,15,16)/t5-,6+/m1/s1. The van der Waals surface area contributed by atoms with Crippen molar-refractivity contribution in [3.05, 3.63) is 29.6 Å². The van der Waals surface area contributed by atoms with Gasteiger partial charge in [0.2, 0.25) is 5.91 Å². The smallest absolute Gasteiger partial charge is 0.227 e. The number of carbonyl (C=O) groups excluding carboxylic acids is 1. The van der Waals surface area contributed by atoms with Gasteiger partial charge < -0.3 is 5.32 Å². The van der Waals surface area contributed by atoms with Crippen molar-refractivity contribution >= 4 is 11.6 Å². The van der Waals surface area contributed by atoms with Gasteiger partial charge >= 0.3 is 0 Å². The first-order valence-electron chi connectivity index (χ1n) is 4.95. The van der Waals surface area contributed by atoms with E-state index < -0.39 is 17.5 Å². The molecule has 1 fully saturated rings. The average molecular weight is 229 g/mol. The first-order valence-corrected chi connectivity index (χ1v) is 4.95. The van der Waals surface area contributed by atoms with E-state index in [1.807, 2.05) is 6.92 Å². The molecule has 1 saturated carbocycles. The number of amides is 1. The molecule has 0 saturated heterocycles. The van der Waals surface area contributed by atoms with E-state index in [2.05, 4.69) is 5.32 Å². The topological polar surface area (TPSA) is 29.1 Å². The Morgan fingerprint density at radius 1 is 1.31 bits per heavy atom. The van der Waals surface area contributed by atoms with E-state index in [0.717, 1.165) is 18.6 Å². The van der Waals surface area contributed by atoms with Gasteiger partial charge in [-0.25, -0.2) is 13.2 Å². The molecule has 0 aromatic heterocycles. The zero-order valence-corrected chi connectivity index (χ0v) is 8.56. The molecule has 2 atom stereocenters. The van der Waals surface area contributed by atoms with Gasteiger partial charge in [0.1, 0.15) is 0 Å². The van der Waals surface area contributed by atoms with Crippen LogP contribution in [0.5, 0.6) is 0 Å². The largest absolute Gasteiger partial charge is 0.323 e. The number of halogens is 3. The molecule has 1 aromatic carbocycles. The maximum atomic E-state index is 13.2. The number of rotatable bonds is 2. The first kappa shape index (κ1) is 11.0. The van der Waals surface area contributed by atoms with Crippen molar-refractivity contribution in [1.82, 2.24) is 0 Å². The van der Waals surface area contributed by atoms with Crippen LogP contribution in [0.15, 0.2) is 12.1 Å². The molecule has 2 rings (SSSR count). The van der Waals surface area contributed by atoms with Crippen LogP contribution in [0.25, 0.3) is 0 Å². The van der Waals surface area contributed by atoms with Crippen LogP contribution in [0.3, 0.4) is 0 Å². The monoisotopic (exact) mass is 229 g/mol. The summed E-state index contributed by atoms with van der Waals surface area (Å²) in [4.78, 5) is 11.4. The molecule has 0 unspecified atom stereocenters. The number of hydrogen-bond acceptors (Lipinski definition) is 1. The van der Waals surface area contributed by atoms with Gasteiger partial charge in [-0.05, 0) is 24.5 Å². The minimum Gasteiger partial charge on any atom is -0.323 e. The van der Waals surface area contributed by atoms with Crippen LogP contribution in [0.4, 0.5) is 18.9 Å². The summed E-state index contributed by atoms with van der Waals surface area (Å²) in [5.41, 5.74) is -0.317. The van der Waals surface area contributed by atoms with Crippen molar-refractivity contribution in [3.63, 3.8) is 0 Å². The van der Waals surface area contributed by atoms with Crippen LogP contribution in [-0.4, -0.2) is 5.91 Å². The number of benzene rings is 1. The Bertz CT molecular complexity index is 447. The zero-order chi connectivity index (χ0) is 11.9. The summed E-state index contributed by atoms with van der Waals surface area (Å²) in [7, 11) is 0. The highest BCUT2D eigenvalue weighted by atomic mass is 19.2. The summed E-state index contributed by atoms with van der Waals surface area (Å²) in [6, 6.07) is 1.79. The van der Waals surface area contributed by atoms with Gasteiger partial charge in [-0.2, -0.15) is 0 Å². The SMILES string of the molecule is C[C@@H]1C[C@@H]1C(=O)Nc1ccc(F)c(F)c1F. The Hall–Kier alpha value is -1.52. The highest BCUT2D eigenvalue weighted by Crippen LogP contribution is 2.38. The second kappa shape index (κ2) is 3.81. The minimum absolute atomic E-state index is 0.146. The lowest BCUT2D eigenvalue weighted by Crippen LogP contribution is -2.16. The maximum absolute atomic E-state index is 13.2. The molecular formula is C11H10F3NO. The molecular weight excluding hydrogens is 219 g/mol. The van der Waals surface area contributed by atoms with E-state index in [9.17, 15) is 18.0 Å². The molecule has 0 heterocycles. The van der Waals surface area contributed by atoms with Crippen LogP contribution < -0.4 is 5.32 Å². The lowest BCUT2D eigenvalue weighted by molar-refractivity contribution is -0.117. The van der Waals surface area contributed by atoms with Crippen molar-refractivity contribution in [1.29, 1.82) is 0 Å². The Balaban J connectivity index is 2.16. The molecule has 2 nitrogen and oxygen atoms in total. The highest BCUT2D eigenvalue weighted by Gasteiger charge is 2.39. The van der Waals surface area contributed by atoms with Crippen molar-refractivity contribution in [2.24, 2.45) is 11.8 Å². The molecule has 16 heavy (non-hydrogen) atoms. The summed E-state index contributed by atoms with van der Waals surface area (Å²) in [5, 5.41) is 2.25. The Morgan fingerprint density at radius 2 is 1.94 bits per heavy atom. The van der Waals surface area contributed by atoms with Gasteiger partial charge in [0.05, 0.1) is 5.69 Å². The van der Waals surface area contributed by atoms with E-state index in [1.54, 1.807) is 0 Å². The zero-order valence-electron chi connectivity index (χ0n) is 8.56. The fourth-order valence-corrected chi connectivity index (χ4v) is 1.54. The average Bonchev–Trinajstić information content (AvgIpc) is 2.96. The minimum atomic E-state index is -1.57. The van der Waals surface area contributed by atoms with Crippen LogP contribution in [0.2, 0.25) is 0 Å². The predicted octanol–water partition coefficient (Wildman–Crippen LogP) is 2.70. The molecule has 86 valence electrons. The third-order valence-corrected chi connectivity index (χ3v) is 2.74. The van der Waals surface area contributed by atoms with Crippen molar-refractivity contribution in [3.8, 4) is 0 Å². The molecule has 1 aliphatic carbocycles. The predicted molar refractivity (Wildman–Crippen MR) is 52.2 cm³/mol. The Labute approximate surface area is 90.5 Å². The lowest BCUT2D eigenvalue weighted by Gasteiger charge is -2.06. The van der Waals surface area contributed by atoms with Gasteiger partial charge in [-0.3, -0.25) is 4.79 Å². The Morgan fingerprint density at radius 3 is 2.50 bits per heavy atom. The van der Waals surface area contributed by atoms with E-state index >= 15 is 0 Å². The molecule has 1 N–H and O–H groups in total. The molecule has 0 spiro atoms. The van der Waals surface area contributed by atoms with E-state index in [0.29, 0.717) is 0 Å². The summed E-state index contributed by atoms with van der Waals surface area (Å²) < 4.78 is 38.6. The lowest BCUT2D eigenvalue weighted by atomic mass is 10.2. The third-order valence-electron chi connectivity index (χ3n) is 2.74. The van der Waals surface area contributed by atoms with E-state index in [1.165, 1.54) is 0 Å². The molecule has 5 heteroatoms. The number of anilines is 1. The van der Waals surface area contributed by atoms with Gasteiger partial charge in [0, 0.05) is 5.92 Å². The maximum Gasteiger partial charge on any atom is 0.227 e. The Kier molecular flexibility index (Phi) is 2.61. The van der Waals surface area contributed by atoms with Crippen LogP contribution in [0, 0.1) is 29.3 Å². The number of hydrogen-bond donors (Lipinski definition) is 1. The molecule has 1 amide bonds. The van der Waals surface area contributed by atoms with Crippen LogP contribution in [0.1, 0.15) is 13.3 Å². The van der Waals surface area contributed by atoms with Gasteiger partial charge in [-0.15, -0.1) is 0 Å². The highest BCUT2D eigenvalue weighted by molar-refractivity contribution is 5.94.